The Morgan fingerprint density at radius 1 is 1.33 bits per heavy atom. The van der Waals surface area contributed by atoms with Crippen LogP contribution in [-0.4, -0.2) is 35.9 Å². The van der Waals surface area contributed by atoms with Crippen LogP contribution in [-0.2, 0) is 0 Å². The smallest absolute Gasteiger partial charge is 0.315 e. The second-order valence-corrected chi connectivity index (χ2v) is 5.42. The van der Waals surface area contributed by atoms with Crippen LogP contribution in [0.5, 0.6) is 17.2 Å². The first-order valence-electron chi connectivity index (χ1n) is 8.08. The van der Waals surface area contributed by atoms with Crippen molar-refractivity contribution in [2.75, 3.05) is 13.7 Å². The van der Waals surface area contributed by atoms with Gasteiger partial charge in [-0.2, -0.15) is 5.10 Å². The molecule has 0 bridgehead atoms. The molecule has 9 nitrogen and oxygen atoms in total. The second kappa shape index (κ2) is 9.18. The molecule has 0 aromatic heterocycles. The normalized spacial score (nSPS) is 10.6. The summed E-state index contributed by atoms with van der Waals surface area (Å²) in [6, 6.07) is 9.05. The summed E-state index contributed by atoms with van der Waals surface area (Å²) in [6.45, 7) is 2.59. The van der Waals surface area contributed by atoms with Crippen molar-refractivity contribution in [3.8, 4) is 17.2 Å². The molecule has 0 aliphatic heterocycles. The van der Waals surface area contributed by atoms with Crippen molar-refractivity contribution in [3.63, 3.8) is 0 Å². The van der Waals surface area contributed by atoms with Crippen LogP contribution in [0.1, 0.15) is 29.3 Å². The van der Waals surface area contributed by atoms with Gasteiger partial charge >= 0.3 is 5.69 Å². The summed E-state index contributed by atoms with van der Waals surface area (Å²) in [6.07, 6.45) is 2.10. The van der Waals surface area contributed by atoms with Crippen LogP contribution >= 0.6 is 0 Å². The molecule has 2 N–H and O–H groups in total. The Labute approximate surface area is 155 Å². The molecule has 0 aliphatic carbocycles. The zero-order valence-electron chi connectivity index (χ0n) is 14.8. The average molecular weight is 373 g/mol. The molecule has 0 atom stereocenters. The third-order valence-corrected chi connectivity index (χ3v) is 3.46. The highest BCUT2D eigenvalue weighted by atomic mass is 16.6. The summed E-state index contributed by atoms with van der Waals surface area (Å²) in [4.78, 5) is 22.3. The number of amides is 1. The number of ether oxygens (including phenoxy) is 2. The van der Waals surface area contributed by atoms with Gasteiger partial charge in [-0.05, 0) is 36.8 Å². The molecule has 0 radical (unpaired) electrons. The summed E-state index contributed by atoms with van der Waals surface area (Å²) in [5.74, 6) is -0.428. The van der Waals surface area contributed by atoms with E-state index in [2.05, 4.69) is 10.5 Å². The minimum Gasteiger partial charge on any atom is -0.500 e. The van der Waals surface area contributed by atoms with Gasteiger partial charge in [0, 0.05) is 17.2 Å². The Morgan fingerprint density at radius 2 is 2.04 bits per heavy atom. The molecule has 0 saturated heterocycles. The summed E-state index contributed by atoms with van der Waals surface area (Å²) in [5.41, 5.74) is 2.46. The predicted octanol–water partition coefficient (Wildman–Crippen LogP) is 2.86. The number of hydrazone groups is 1. The first-order chi connectivity index (χ1) is 13.0. The number of hydrogen-bond donors (Lipinski definition) is 2. The number of carbonyl (C=O) groups excluding carboxylic acids is 1. The van der Waals surface area contributed by atoms with E-state index in [9.17, 15) is 20.0 Å². The summed E-state index contributed by atoms with van der Waals surface area (Å²) >= 11 is 0. The Hall–Kier alpha value is -3.62. The Bertz CT molecular complexity index is 849. The van der Waals surface area contributed by atoms with E-state index < -0.39 is 22.3 Å². The lowest BCUT2D eigenvalue weighted by molar-refractivity contribution is -0.386. The number of nitro groups is 1. The lowest BCUT2D eigenvalue weighted by Gasteiger charge is -2.06. The van der Waals surface area contributed by atoms with Crippen molar-refractivity contribution in [2.45, 2.75) is 13.3 Å². The van der Waals surface area contributed by atoms with E-state index in [1.54, 1.807) is 24.3 Å². The van der Waals surface area contributed by atoms with Crippen molar-refractivity contribution in [2.24, 2.45) is 5.10 Å². The Kier molecular flexibility index (Phi) is 6.70. The van der Waals surface area contributed by atoms with E-state index in [-0.39, 0.29) is 11.3 Å². The minimum atomic E-state index is -0.740. The van der Waals surface area contributed by atoms with Gasteiger partial charge in [-0.15, -0.1) is 0 Å². The minimum absolute atomic E-state index is 0.0698. The fourth-order valence-corrected chi connectivity index (χ4v) is 2.14. The molecule has 0 aliphatic rings. The van der Waals surface area contributed by atoms with E-state index in [1.807, 2.05) is 6.92 Å². The van der Waals surface area contributed by atoms with Crippen LogP contribution in [0.3, 0.4) is 0 Å². The quantitative estimate of drug-likeness (QED) is 0.417. The van der Waals surface area contributed by atoms with Crippen LogP contribution in [0, 0.1) is 10.1 Å². The third-order valence-electron chi connectivity index (χ3n) is 3.46. The van der Waals surface area contributed by atoms with Gasteiger partial charge in [-0.3, -0.25) is 14.9 Å². The van der Waals surface area contributed by atoms with E-state index >= 15 is 0 Å². The molecule has 142 valence electrons. The zero-order valence-corrected chi connectivity index (χ0v) is 14.8. The number of aromatic hydroxyl groups is 1. The standard InChI is InChI=1S/C18H19N3O6/c1-3-8-27-14-6-4-13(5-7-14)18(23)20-19-11-12-9-15(21(24)25)17(22)16(10-12)26-2/h4-7,9-11,22H,3,8H2,1-2H3,(H,20,23)/b19-11+. The maximum absolute atomic E-state index is 12.1. The number of nitrogens with one attached hydrogen (secondary N) is 1. The molecular weight excluding hydrogens is 354 g/mol. The molecule has 0 heterocycles. The highest BCUT2D eigenvalue weighted by Crippen LogP contribution is 2.36. The van der Waals surface area contributed by atoms with Crippen LogP contribution in [0.15, 0.2) is 41.5 Å². The topological polar surface area (TPSA) is 123 Å². The van der Waals surface area contributed by atoms with Crippen molar-refractivity contribution in [3.05, 3.63) is 57.6 Å². The largest absolute Gasteiger partial charge is 0.500 e. The second-order valence-electron chi connectivity index (χ2n) is 5.42. The summed E-state index contributed by atoms with van der Waals surface area (Å²) in [5, 5.41) is 24.5. The molecule has 2 rings (SSSR count). The van der Waals surface area contributed by atoms with Gasteiger partial charge in [-0.25, -0.2) is 5.43 Å². The fraction of sp³-hybridized carbons (Fsp3) is 0.222. The van der Waals surface area contributed by atoms with Gasteiger partial charge in [0.2, 0.25) is 5.75 Å². The Balaban J connectivity index is 2.07. The molecule has 2 aromatic carbocycles. The maximum atomic E-state index is 12.1. The monoisotopic (exact) mass is 373 g/mol. The average Bonchev–Trinajstić information content (AvgIpc) is 2.67. The van der Waals surface area contributed by atoms with Crippen molar-refractivity contribution in [1.29, 1.82) is 0 Å². The number of benzene rings is 2. The van der Waals surface area contributed by atoms with Crippen LogP contribution in [0.25, 0.3) is 0 Å². The third kappa shape index (κ3) is 5.18. The SMILES string of the molecule is CCCOc1ccc(C(=O)N/N=C/c2cc(OC)c(O)c([N+](=O)[O-])c2)cc1. The number of nitrogens with zero attached hydrogens (tertiary/aromatic N) is 2. The van der Waals surface area contributed by atoms with E-state index in [4.69, 9.17) is 9.47 Å². The molecule has 27 heavy (non-hydrogen) atoms. The highest BCUT2D eigenvalue weighted by Gasteiger charge is 2.19. The van der Waals surface area contributed by atoms with Crippen molar-refractivity contribution in [1.82, 2.24) is 5.43 Å². The van der Waals surface area contributed by atoms with Crippen LogP contribution < -0.4 is 14.9 Å². The van der Waals surface area contributed by atoms with Crippen LogP contribution in [0.4, 0.5) is 5.69 Å². The van der Waals surface area contributed by atoms with Gasteiger partial charge in [0.15, 0.2) is 5.75 Å². The lowest BCUT2D eigenvalue weighted by atomic mass is 10.2. The number of phenols is 1. The molecule has 0 unspecified atom stereocenters. The number of nitro benzene ring substituents is 1. The van der Waals surface area contributed by atoms with Crippen LogP contribution in [0.2, 0.25) is 0 Å². The number of rotatable bonds is 8. The molecule has 1 amide bonds. The molecule has 0 saturated carbocycles. The van der Waals surface area contributed by atoms with E-state index in [1.165, 1.54) is 19.4 Å². The lowest BCUT2D eigenvalue weighted by Crippen LogP contribution is -2.17. The first kappa shape index (κ1) is 19.7. The van der Waals surface area contributed by atoms with E-state index in [0.29, 0.717) is 17.9 Å². The number of phenolic OH excluding ortho intramolecular Hbond substituents is 1. The molecule has 0 spiro atoms. The molecule has 9 heteroatoms. The van der Waals surface area contributed by atoms with Gasteiger partial charge in [0.05, 0.1) is 24.9 Å². The van der Waals surface area contributed by atoms with E-state index in [0.717, 1.165) is 12.5 Å². The number of carbonyl (C=O) groups is 1. The zero-order chi connectivity index (χ0) is 19.8. The Morgan fingerprint density at radius 3 is 2.63 bits per heavy atom. The molecule has 2 aromatic rings. The molecule has 0 fully saturated rings. The van der Waals surface area contributed by atoms with Gasteiger partial charge in [0.1, 0.15) is 5.75 Å². The van der Waals surface area contributed by atoms with Gasteiger partial charge in [-0.1, -0.05) is 6.92 Å². The van der Waals surface area contributed by atoms with Crippen molar-refractivity contribution < 1.29 is 24.3 Å². The molecular formula is C18H19N3O6. The van der Waals surface area contributed by atoms with Gasteiger partial charge < -0.3 is 14.6 Å². The fourth-order valence-electron chi connectivity index (χ4n) is 2.14. The summed E-state index contributed by atoms with van der Waals surface area (Å²) < 4.78 is 10.3. The number of methoxy groups -OCH3 is 1. The highest BCUT2D eigenvalue weighted by molar-refractivity contribution is 5.95. The predicted molar refractivity (Wildman–Crippen MR) is 98.6 cm³/mol. The number of hydrogen-bond acceptors (Lipinski definition) is 7. The summed E-state index contributed by atoms with van der Waals surface area (Å²) in [7, 11) is 1.27. The first-order valence-corrected chi connectivity index (χ1v) is 8.08. The van der Waals surface area contributed by atoms with Gasteiger partial charge in [0.25, 0.3) is 5.91 Å². The van der Waals surface area contributed by atoms with Crippen molar-refractivity contribution >= 4 is 17.8 Å². The maximum Gasteiger partial charge on any atom is 0.315 e.